The molecule has 0 aliphatic rings. The molecule has 0 saturated carbocycles. The van der Waals surface area contributed by atoms with Crippen molar-refractivity contribution in [3.05, 3.63) is 22.5 Å². The number of aromatic nitrogens is 1. The second-order valence-electron chi connectivity index (χ2n) is 6.59. The van der Waals surface area contributed by atoms with E-state index in [0.29, 0.717) is 29.1 Å². The van der Waals surface area contributed by atoms with Gasteiger partial charge in [-0.15, -0.1) is 0 Å². The summed E-state index contributed by atoms with van der Waals surface area (Å²) in [4.78, 5) is 38.5. The van der Waals surface area contributed by atoms with Crippen LogP contribution in [-0.2, 0) is 16.6 Å². The van der Waals surface area contributed by atoms with E-state index in [0.717, 1.165) is 0 Å². The van der Waals surface area contributed by atoms with Gasteiger partial charge in [-0.1, -0.05) is 13.8 Å². The molecule has 0 aliphatic heterocycles. The summed E-state index contributed by atoms with van der Waals surface area (Å²) < 4.78 is 6.48. The average molecular weight is 336 g/mol. The first kappa shape index (κ1) is 19.9. The highest BCUT2D eigenvalue weighted by molar-refractivity contribution is 6.06. The molecule has 1 unspecified atom stereocenters. The summed E-state index contributed by atoms with van der Waals surface area (Å²) in [5.74, 6) is -0.515. The van der Waals surface area contributed by atoms with Crippen LogP contribution < -0.4 is 0 Å². The van der Waals surface area contributed by atoms with Crippen LogP contribution in [0.4, 0.5) is 0 Å². The van der Waals surface area contributed by atoms with Crippen LogP contribution in [0.15, 0.2) is 0 Å². The average Bonchev–Trinajstić information content (AvgIpc) is 2.72. The third-order valence-electron chi connectivity index (χ3n) is 4.37. The van der Waals surface area contributed by atoms with Crippen molar-refractivity contribution in [2.24, 2.45) is 13.0 Å². The Labute approximate surface area is 143 Å². The smallest absolute Gasteiger partial charge is 0.354 e. The van der Waals surface area contributed by atoms with Gasteiger partial charge in [-0.3, -0.25) is 9.59 Å². The molecule has 1 heterocycles. The first-order chi connectivity index (χ1) is 11.0. The molecule has 0 radical (unpaired) electrons. The number of hydrogen-bond acceptors (Lipinski definition) is 4. The van der Waals surface area contributed by atoms with E-state index >= 15 is 0 Å². The Hall–Kier alpha value is -2.11. The van der Waals surface area contributed by atoms with Crippen LogP contribution in [0.5, 0.6) is 0 Å². The molecule has 1 atom stereocenters. The normalized spacial score (nSPS) is 12.2. The van der Waals surface area contributed by atoms with E-state index in [1.165, 1.54) is 14.0 Å². The number of carbonyl (C=O) groups excluding carboxylic acids is 3. The molecule has 0 spiro atoms. The van der Waals surface area contributed by atoms with Crippen molar-refractivity contribution >= 4 is 17.7 Å². The summed E-state index contributed by atoms with van der Waals surface area (Å²) in [6.07, 6.45) is 0. The number of Topliss-reactive ketones (excluding diaryl/α,β-unsaturated/α-hetero) is 1. The second kappa shape index (κ2) is 7.64. The van der Waals surface area contributed by atoms with Crippen LogP contribution in [-0.4, -0.2) is 46.8 Å². The number of ketones is 1. The minimum atomic E-state index is -0.588. The van der Waals surface area contributed by atoms with Gasteiger partial charge in [0, 0.05) is 31.8 Å². The molecule has 0 saturated heterocycles. The summed E-state index contributed by atoms with van der Waals surface area (Å²) in [5.41, 5.74) is 2.13. The van der Waals surface area contributed by atoms with Crippen LogP contribution in [0.2, 0.25) is 0 Å². The van der Waals surface area contributed by atoms with Gasteiger partial charge in [-0.2, -0.15) is 0 Å². The lowest BCUT2D eigenvalue weighted by Gasteiger charge is -2.29. The Morgan fingerprint density at radius 1 is 1.17 bits per heavy atom. The van der Waals surface area contributed by atoms with Gasteiger partial charge in [-0.25, -0.2) is 4.79 Å². The number of nitrogens with zero attached hydrogens (tertiary/aromatic N) is 2. The number of ether oxygens (including phenoxy) is 1. The standard InChI is InChI=1S/C18H28N2O4/c1-10(2)9-20(14(6)21)13(5)17(22)15-11(3)16(18(23)24-8)19(7)12(15)4/h10,13H,9H2,1-8H3. The zero-order valence-corrected chi connectivity index (χ0v) is 15.9. The maximum atomic E-state index is 13.0. The van der Waals surface area contributed by atoms with E-state index in [2.05, 4.69) is 0 Å². The topological polar surface area (TPSA) is 68.6 Å². The van der Waals surface area contributed by atoms with Crippen LogP contribution in [0.1, 0.15) is 59.8 Å². The number of carbonyl (C=O) groups is 3. The van der Waals surface area contributed by atoms with E-state index < -0.39 is 12.0 Å². The predicted molar refractivity (Wildman–Crippen MR) is 92.2 cm³/mol. The summed E-state index contributed by atoms with van der Waals surface area (Å²) in [6, 6.07) is -0.588. The van der Waals surface area contributed by atoms with Gasteiger partial charge in [0.1, 0.15) is 5.69 Å². The third-order valence-corrected chi connectivity index (χ3v) is 4.37. The summed E-state index contributed by atoms with van der Waals surface area (Å²) in [7, 11) is 3.04. The van der Waals surface area contributed by atoms with Crippen molar-refractivity contribution < 1.29 is 19.1 Å². The first-order valence-electron chi connectivity index (χ1n) is 8.10. The molecular weight excluding hydrogens is 308 g/mol. The molecule has 1 amide bonds. The van der Waals surface area contributed by atoms with Gasteiger partial charge < -0.3 is 14.2 Å². The molecule has 0 aliphatic carbocycles. The lowest BCUT2D eigenvalue weighted by atomic mass is 9.99. The largest absolute Gasteiger partial charge is 0.464 e. The van der Waals surface area contributed by atoms with Gasteiger partial charge in [-0.05, 0) is 32.3 Å². The molecule has 0 bridgehead atoms. The van der Waals surface area contributed by atoms with E-state index in [9.17, 15) is 14.4 Å². The monoisotopic (exact) mass is 336 g/mol. The minimum absolute atomic E-state index is 0.135. The van der Waals surface area contributed by atoms with E-state index in [4.69, 9.17) is 4.74 Å². The SMILES string of the molecule is COC(=O)c1c(C)c(C(=O)C(C)N(CC(C)C)C(C)=O)c(C)n1C. The quantitative estimate of drug-likeness (QED) is 0.591. The van der Waals surface area contributed by atoms with Gasteiger partial charge in [0.25, 0.3) is 0 Å². The van der Waals surface area contributed by atoms with E-state index in [1.807, 2.05) is 13.8 Å². The fourth-order valence-corrected chi connectivity index (χ4v) is 3.03. The van der Waals surface area contributed by atoms with Gasteiger partial charge in [0.15, 0.2) is 5.78 Å². The molecule has 1 rings (SSSR count). The van der Waals surface area contributed by atoms with Gasteiger partial charge >= 0.3 is 5.97 Å². The highest BCUT2D eigenvalue weighted by Gasteiger charge is 2.31. The number of rotatable bonds is 6. The minimum Gasteiger partial charge on any atom is -0.464 e. The van der Waals surface area contributed by atoms with Crippen molar-refractivity contribution in [3.8, 4) is 0 Å². The number of methoxy groups -OCH3 is 1. The molecular formula is C18H28N2O4. The summed E-state index contributed by atoms with van der Waals surface area (Å²) >= 11 is 0. The summed E-state index contributed by atoms with van der Waals surface area (Å²) in [6.45, 7) is 11.2. The van der Waals surface area contributed by atoms with Gasteiger partial charge in [0.05, 0.1) is 13.2 Å². The zero-order chi connectivity index (χ0) is 18.8. The molecule has 6 heteroatoms. The molecule has 1 aromatic rings. The van der Waals surface area contributed by atoms with Crippen molar-refractivity contribution in [1.82, 2.24) is 9.47 Å². The maximum Gasteiger partial charge on any atom is 0.354 e. The fourth-order valence-electron chi connectivity index (χ4n) is 3.03. The molecule has 0 aromatic carbocycles. The van der Waals surface area contributed by atoms with Crippen molar-refractivity contribution in [2.75, 3.05) is 13.7 Å². The van der Waals surface area contributed by atoms with E-state index in [-0.39, 0.29) is 17.6 Å². The Kier molecular flexibility index (Phi) is 6.35. The van der Waals surface area contributed by atoms with Crippen LogP contribution in [0, 0.1) is 19.8 Å². The van der Waals surface area contributed by atoms with Crippen LogP contribution in [0.3, 0.4) is 0 Å². The molecule has 134 valence electrons. The number of esters is 1. The predicted octanol–water partition coefficient (Wildman–Crippen LogP) is 2.50. The van der Waals surface area contributed by atoms with Crippen LogP contribution >= 0.6 is 0 Å². The fraction of sp³-hybridized carbons (Fsp3) is 0.611. The highest BCUT2D eigenvalue weighted by Crippen LogP contribution is 2.24. The Bertz CT molecular complexity index is 658. The molecule has 1 aromatic heterocycles. The Morgan fingerprint density at radius 2 is 1.71 bits per heavy atom. The molecule has 6 nitrogen and oxygen atoms in total. The lowest BCUT2D eigenvalue weighted by Crippen LogP contribution is -2.44. The lowest BCUT2D eigenvalue weighted by molar-refractivity contribution is -0.130. The summed E-state index contributed by atoms with van der Waals surface area (Å²) in [5, 5.41) is 0. The Balaban J connectivity index is 3.33. The van der Waals surface area contributed by atoms with Gasteiger partial charge in [0.2, 0.25) is 5.91 Å². The molecule has 0 N–H and O–H groups in total. The van der Waals surface area contributed by atoms with E-state index in [1.54, 1.807) is 37.3 Å². The van der Waals surface area contributed by atoms with Crippen molar-refractivity contribution in [2.45, 2.75) is 47.6 Å². The molecule has 24 heavy (non-hydrogen) atoms. The molecule has 0 fully saturated rings. The van der Waals surface area contributed by atoms with Crippen molar-refractivity contribution in [1.29, 1.82) is 0 Å². The zero-order valence-electron chi connectivity index (χ0n) is 15.9. The van der Waals surface area contributed by atoms with Crippen molar-refractivity contribution in [3.63, 3.8) is 0 Å². The third kappa shape index (κ3) is 3.68. The number of hydrogen-bond donors (Lipinski definition) is 0. The highest BCUT2D eigenvalue weighted by atomic mass is 16.5. The first-order valence-corrected chi connectivity index (χ1v) is 8.10. The maximum absolute atomic E-state index is 13.0. The second-order valence-corrected chi connectivity index (χ2v) is 6.59. The number of amides is 1. The van der Waals surface area contributed by atoms with Crippen LogP contribution in [0.25, 0.3) is 0 Å². The Morgan fingerprint density at radius 3 is 2.12 bits per heavy atom.